The monoisotopic (exact) mass is 201 g/mol. The lowest BCUT2D eigenvalue weighted by molar-refractivity contribution is 0.446. The fourth-order valence-electron chi connectivity index (χ4n) is 1.76. The summed E-state index contributed by atoms with van der Waals surface area (Å²) in [5.41, 5.74) is 1.26. The summed E-state index contributed by atoms with van der Waals surface area (Å²) in [6, 6.07) is 0. The minimum atomic E-state index is 0.719. The second-order valence-corrected chi connectivity index (χ2v) is 5.02. The first kappa shape index (κ1) is 8.52. The van der Waals surface area contributed by atoms with E-state index in [4.69, 9.17) is 11.6 Å². The molecule has 0 saturated carbocycles. The highest BCUT2D eigenvalue weighted by Crippen LogP contribution is 2.32. The summed E-state index contributed by atoms with van der Waals surface area (Å²) in [6.45, 7) is 2.26. The van der Waals surface area contributed by atoms with E-state index < -0.39 is 0 Å². The number of hydrogen-bond donors (Lipinski definition) is 0. The first-order valence-electron chi connectivity index (χ1n) is 4.43. The van der Waals surface area contributed by atoms with Gasteiger partial charge in [0, 0.05) is 4.88 Å². The van der Waals surface area contributed by atoms with E-state index in [1.165, 1.54) is 29.8 Å². The van der Waals surface area contributed by atoms with Crippen LogP contribution in [-0.2, 0) is 12.8 Å². The number of halogens is 1. The molecule has 3 heteroatoms. The highest BCUT2D eigenvalue weighted by Gasteiger charge is 2.20. The molecular weight excluding hydrogens is 190 g/mol. The molecule has 12 heavy (non-hydrogen) atoms. The average molecular weight is 202 g/mol. The lowest BCUT2D eigenvalue weighted by Crippen LogP contribution is -2.11. The third-order valence-electron chi connectivity index (χ3n) is 2.59. The van der Waals surface area contributed by atoms with Gasteiger partial charge in [0.05, 0.1) is 5.69 Å². The molecule has 0 fully saturated rings. The molecule has 66 valence electrons. The van der Waals surface area contributed by atoms with E-state index in [-0.39, 0.29) is 0 Å². The van der Waals surface area contributed by atoms with Crippen LogP contribution in [0, 0.1) is 5.92 Å². The molecule has 1 unspecified atom stereocenters. The fourth-order valence-corrected chi connectivity index (χ4v) is 3.09. The third kappa shape index (κ3) is 1.50. The van der Waals surface area contributed by atoms with Crippen molar-refractivity contribution in [3.63, 3.8) is 0 Å². The molecule has 1 nitrogen and oxygen atoms in total. The van der Waals surface area contributed by atoms with Crippen molar-refractivity contribution in [2.45, 2.75) is 32.6 Å². The number of rotatable bonds is 1. The third-order valence-corrected chi connectivity index (χ3v) is 3.82. The minimum Gasteiger partial charge on any atom is -0.230 e. The molecule has 0 aromatic carbocycles. The molecule has 1 aliphatic rings. The van der Waals surface area contributed by atoms with Crippen molar-refractivity contribution in [1.29, 1.82) is 0 Å². The van der Waals surface area contributed by atoms with Gasteiger partial charge in [0.25, 0.3) is 0 Å². The maximum atomic E-state index is 5.85. The molecule has 0 saturated heterocycles. The first-order chi connectivity index (χ1) is 5.79. The van der Waals surface area contributed by atoms with Crippen LogP contribution < -0.4 is 0 Å². The van der Waals surface area contributed by atoms with Gasteiger partial charge in [-0.05, 0) is 25.2 Å². The number of hydrogen-bond acceptors (Lipinski definition) is 2. The maximum absolute atomic E-state index is 5.85. The number of nitrogens with zero attached hydrogens (tertiary/aromatic N) is 1. The Morgan fingerprint density at radius 3 is 3.25 bits per heavy atom. The Balaban J connectivity index is 2.22. The molecule has 0 amide bonds. The van der Waals surface area contributed by atoms with Gasteiger partial charge < -0.3 is 0 Å². The number of aryl methyl sites for hydroxylation is 1. The van der Waals surface area contributed by atoms with Crippen molar-refractivity contribution in [3.8, 4) is 0 Å². The molecule has 1 aromatic heterocycles. The van der Waals surface area contributed by atoms with Gasteiger partial charge in [-0.15, -0.1) is 11.3 Å². The quantitative estimate of drug-likeness (QED) is 0.680. The second-order valence-electron chi connectivity index (χ2n) is 3.35. The smallest absolute Gasteiger partial charge is 0.184 e. The molecular formula is C9H12ClNS. The SMILES string of the molecule is CCC1CCc2nc(Cl)sc2C1. The van der Waals surface area contributed by atoms with Gasteiger partial charge in [-0.1, -0.05) is 24.9 Å². The van der Waals surface area contributed by atoms with Crippen LogP contribution >= 0.6 is 22.9 Å². The van der Waals surface area contributed by atoms with Gasteiger partial charge in [0.1, 0.15) is 0 Å². The van der Waals surface area contributed by atoms with Crippen LogP contribution in [-0.4, -0.2) is 4.98 Å². The zero-order chi connectivity index (χ0) is 8.55. The molecule has 0 aliphatic heterocycles. The van der Waals surface area contributed by atoms with E-state index in [9.17, 15) is 0 Å². The van der Waals surface area contributed by atoms with E-state index in [0.29, 0.717) is 0 Å². The van der Waals surface area contributed by atoms with Gasteiger partial charge >= 0.3 is 0 Å². The zero-order valence-corrected chi connectivity index (χ0v) is 8.71. The number of fused-ring (bicyclic) bond motifs is 1. The Bertz CT molecular complexity index is 282. The Labute approximate surface area is 81.8 Å². The molecule has 0 radical (unpaired) electrons. The van der Waals surface area contributed by atoms with Crippen molar-refractivity contribution in [2.75, 3.05) is 0 Å². The second kappa shape index (κ2) is 3.35. The average Bonchev–Trinajstić information content (AvgIpc) is 2.43. The summed E-state index contributed by atoms with van der Waals surface area (Å²) in [5, 5.41) is 0. The summed E-state index contributed by atoms with van der Waals surface area (Å²) in [5.74, 6) is 0.869. The summed E-state index contributed by atoms with van der Waals surface area (Å²) in [4.78, 5) is 5.73. The van der Waals surface area contributed by atoms with Crippen molar-refractivity contribution in [2.24, 2.45) is 5.92 Å². The van der Waals surface area contributed by atoms with Gasteiger partial charge in [-0.25, -0.2) is 4.98 Å². The zero-order valence-electron chi connectivity index (χ0n) is 7.14. The summed E-state index contributed by atoms with van der Waals surface area (Å²) >= 11 is 7.51. The predicted molar refractivity (Wildman–Crippen MR) is 52.9 cm³/mol. The van der Waals surface area contributed by atoms with Gasteiger partial charge in [0.15, 0.2) is 4.47 Å². The van der Waals surface area contributed by atoms with Crippen LogP contribution in [0.4, 0.5) is 0 Å². The van der Waals surface area contributed by atoms with Crippen molar-refractivity contribution in [3.05, 3.63) is 15.0 Å². The van der Waals surface area contributed by atoms with E-state index in [2.05, 4.69) is 11.9 Å². The molecule has 0 bridgehead atoms. The molecule has 1 aromatic rings. The van der Waals surface area contributed by atoms with E-state index >= 15 is 0 Å². The Morgan fingerprint density at radius 2 is 2.50 bits per heavy atom. The van der Waals surface area contributed by atoms with Crippen LogP contribution in [0.15, 0.2) is 0 Å². The largest absolute Gasteiger partial charge is 0.230 e. The highest BCUT2D eigenvalue weighted by molar-refractivity contribution is 7.15. The van der Waals surface area contributed by atoms with Crippen LogP contribution in [0.5, 0.6) is 0 Å². The summed E-state index contributed by atoms with van der Waals surface area (Å²) in [6.07, 6.45) is 4.92. The highest BCUT2D eigenvalue weighted by atomic mass is 35.5. The van der Waals surface area contributed by atoms with Gasteiger partial charge in [-0.3, -0.25) is 0 Å². The van der Waals surface area contributed by atoms with Crippen LogP contribution in [0.3, 0.4) is 0 Å². The van der Waals surface area contributed by atoms with Gasteiger partial charge in [-0.2, -0.15) is 0 Å². The van der Waals surface area contributed by atoms with Crippen molar-refractivity contribution in [1.82, 2.24) is 4.98 Å². The topological polar surface area (TPSA) is 12.9 Å². The Hall–Kier alpha value is -0.0800. The standard InChI is InChI=1S/C9H12ClNS/c1-2-6-3-4-7-8(5-6)12-9(10)11-7/h6H,2-5H2,1H3. The maximum Gasteiger partial charge on any atom is 0.184 e. The Kier molecular flexibility index (Phi) is 2.37. The lowest BCUT2D eigenvalue weighted by atomic mass is 9.89. The van der Waals surface area contributed by atoms with E-state index in [0.717, 1.165) is 16.8 Å². The minimum absolute atomic E-state index is 0.719. The lowest BCUT2D eigenvalue weighted by Gasteiger charge is -2.18. The molecule has 1 heterocycles. The number of aromatic nitrogens is 1. The normalized spacial score (nSPS) is 22.3. The van der Waals surface area contributed by atoms with Crippen molar-refractivity contribution >= 4 is 22.9 Å². The van der Waals surface area contributed by atoms with Crippen LogP contribution in [0.1, 0.15) is 30.3 Å². The fraction of sp³-hybridized carbons (Fsp3) is 0.667. The van der Waals surface area contributed by atoms with E-state index in [1.807, 2.05) is 0 Å². The Morgan fingerprint density at radius 1 is 1.67 bits per heavy atom. The van der Waals surface area contributed by atoms with Crippen molar-refractivity contribution < 1.29 is 0 Å². The van der Waals surface area contributed by atoms with E-state index in [1.54, 1.807) is 11.3 Å². The molecule has 2 rings (SSSR count). The molecule has 0 spiro atoms. The predicted octanol–water partition coefficient (Wildman–Crippen LogP) is 3.31. The molecule has 1 aliphatic carbocycles. The molecule has 1 atom stereocenters. The summed E-state index contributed by atoms with van der Waals surface area (Å²) < 4.78 is 0.719. The molecule has 0 N–H and O–H groups in total. The van der Waals surface area contributed by atoms with Crippen LogP contribution in [0.2, 0.25) is 4.47 Å². The van der Waals surface area contributed by atoms with Crippen LogP contribution in [0.25, 0.3) is 0 Å². The first-order valence-corrected chi connectivity index (χ1v) is 5.63. The van der Waals surface area contributed by atoms with Gasteiger partial charge in [0.2, 0.25) is 0 Å². The summed E-state index contributed by atoms with van der Waals surface area (Å²) in [7, 11) is 0. The number of thiazole rings is 1.